The molecule has 0 atom stereocenters. The summed E-state index contributed by atoms with van der Waals surface area (Å²) in [4.78, 5) is 0. The maximum atomic E-state index is 4.31. The number of rotatable bonds is 10. The highest BCUT2D eigenvalue weighted by atomic mass is 15.3. The van der Waals surface area contributed by atoms with Crippen LogP contribution in [0.5, 0.6) is 0 Å². The van der Waals surface area contributed by atoms with Crippen molar-refractivity contribution in [2.75, 3.05) is 11.9 Å². The molecule has 2 N–H and O–H groups in total. The summed E-state index contributed by atoms with van der Waals surface area (Å²) in [6, 6.07) is 14.8. The normalized spacial score (nSPS) is 11.1. The number of fused-ring (bicyclic) bond motifs is 1. The van der Waals surface area contributed by atoms with Crippen LogP contribution in [0.4, 0.5) is 5.69 Å². The van der Waals surface area contributed by atoms with Gasteiger partial charge in [0, 0.05) is 24.2 Å². The smallest absolute Gasteiger partial charge is 0.118 e. The maximum Gasteiger partial charge on any atom is 0.118 e. The fourth-order valence-corrected chi connectivity index (χ4v) is 3.24. The summed E-state index contributed by atoms with van der Waals surface area (Å²) in [5.74, 6) is 0. The molecule has 1 heterocycles. The van der Waals surface area contributed by atoms with E-state index in [0.29, 0.717) is 0 Å². The summed E-state index contributed by atoms with van der Waals surface area (Å²) in [6.07, 6.45) is 8.74. The largest absolute Gasteiger partial charge is 0.385 e. The van der Waals surface area contributed by atoms with E-state index >= 15 is 0 Å². The van der Waals surface area contributed by atoms with Gasteiger partial charge < -0.3 is 5.32 Å². The van der Waals surface area contributed by atoms with Gasteiger partial charge in [-0.05, 0) is 24.1 Å². The van der Waals surface area contributed by atoms with Crippen LogP contribution in [0.15, 0.2) is 42.5 Å². The number of anilines is 1. The Hall–Kier alpha value is -2.36. The Kier molecular flexibility index (Phi) is 6.43. The molecule has 0 aliphatic carbocycles. The van der Waals surface area contributed by atoms with Gasteiger partial charge in [0.1, 0.15) is 5.52 Å². The highest BCUT2D eigenvalue weighted by Gasteiger charge is 2.11. The first-order valence-corrected chi connectivity index (χ1v) is 9.49. The number of hydrogen-bond donors (Lipinski definition) is 2. The number of H-pyrrole nitrogens is 1. The Labute approximate surface area is 150 Å². The van der Waals surface area contributed by atoms with Gasteiger partial charge in [-0.25, -0.2) is 0 Å². The van der Waals surface area contributed by atoms with Gasteiger partial charge in [0.25, 0.3) is 0 Å². The van der Waals surface area contributed by atoms with Crippen LogP contribution < -0.4 is 5.32 Å². The first-order valence-electron chi connectivity index (χ1n) is 9.49. The minimum Gasteiger partial charge on any atom is -0.385 e. The number of nitrogens with zero attached hydrogens (tertiary/aromatic N) is 2. The van der Waals surface area contributed by atoms with Gasteiger partial charge >= 0.3 is 0 Å². The van der Waals surface area contributed by atoms with Crippen LogP contribution >= 0.6 is 0 Å². The molecule has 25 heavy (non-hydrogen) atoms. The van der Waals surface area contributed by atoms with Crippen molar-refractivity contribution in [1.29, 1.82) is 0 Å². The lowest BCUT2D eigenvalue weighted by atomic mass is 10.0. The number of hydrogen-bond acceptors (Lipinski definition) is 3. The molecule has 4 heteroatoms. The summed E-state index contributed by atoms with van der Waals surface area (Å²) < 4.78 is 0. The summed E-state index contributed by atoms with van der Waals surface area (Å²) in [7, 11) is 0. The van der Waals surface area contributed by atoms with Crippen LogP contribution in [0.1, 0.15) is 56.6 Å². The first kappa shape index (κ1) is 17.5. The van der Waals surface area contributed by atoms with Crippen molar-refractivity contribution in [3.05, 3.63) is 53.6 Å². The fourth-order valence-electron chi connectivity index (χ4n) is 3.24. The first-order chi connectivity index (χ1) is 12.4. The van der Waals surface area contributed by atoms with E-state index in [1.165, 1.54) is 55.3 Å². The molecule has 0 unspecified atom stereocenters. The molecule has 4 nitrogen and oxygen atoms in total. The molecule has 0 saturated carbocycles. The zero-order valence-corrected chi connectivity index (χ0v) is 15.1. The molecule has 0 radical (unpaired) electrons. The molecule has 1 aromatic heterocycles. The second-order valence-corrected chi connectivity index (χ2v) is 6.66. The monoisotopic (exact) mass is 336 g/mol. The molecular formula is C21H28N4. The lowest BCUT2D eigenvalue weighted by Crippen LogP contribution is -2.05. The van der Waals surface area contributed by atoms with Gasteiger partial charge in [-0.2, -0.15) is 0 Å². The molecule has 0 fully saturated rings. The second kappa shape index (κ2) is 9.21. The molecule has 0 aliphatic heterocycles. The third-order valence-corrected chi connectivity index (χ3v) is 4.67. The minimum absolute atomic E-state index is 0.865. The average Bonchev–Trinajstić information content (AvgIpc) is 3.12. The maximum absolute atomic E-state index is 4.31. The number of benzene rings is 2. The number of aromatic amines is 1. The van der Waals surface area contributed by atoms with Crippen molar-refractivity contribution in [2.24, 2.45) is 0 Å². The second-order valence-electron chi connectivity index (χ2n) is 6.66. The van der Waals surface area contributed by atoms with Gasteiger partial charge in [0.05, 0.1) is 5.52 Å². The topological polar surface area (TPSA) is 53.6 Å². The Morgan fingerprint density at radius 3 is 2.56 bits per heavy atom. The average molecular weight is 336 g/mol. The van der Waals surface area contributed by atoms with E-state index in [1.807, 2.05) is 0 Å². The van der Waals surface area contributed by atoms with Crippen LogP contribution in [0.3, 0.4) is 0 Å². The lowest BCUT2D eigenvalue weighted by molar-refractivity contribution is 0.617. The van der Waals surface area contributed by atoms with Crippen molar-refractivity contribution in [3.8, 4) is 0 Å². The van der Waals surface area contributed by atoms with Crippen molar-refractivity contribution < 1.29 is 0 Å². The van der Waals surface area contributed by atoms with Gasteiger partial charge in [0.2, 0.25) is 0 Å². The number of unbranched alkanes of at least 4 members (excludes halogenated alkanes) is 5. The third-order valence-electron chi connectivity index (χ3n) is 4.67. The van der Waals surface area contributed by atoms with Crippen LogP contribution in [0.25, 0.3) is 11.0 Å². The quantitative estimate of drug-likeness (QED) is 0.493. The van der Waals surface area contributed by atoms with E-state index < -0.39 is 0 Å². The number of aromatic nitrogens is 3. The molecule has 2 aromatic carbocycles. The molecule has 3 rings (SSSR count). The van der Waals surface area contributed by atoms with Crippen LogP contribution in [0, 0.1) is 0 Å². The predicted octanol–water partition coefficient (Wildman–Crippen LogP) is 5.32. The Morgan fingerprint density at radius 2 is 1.72 bits per heavy atom. The molecule has 0 bridgehead atoms. The summed E-state index contributed by atoms with van der Waals surface area (Å²) in [5, 5.41) is 14.9. The molecule has 132 valence electrons. The highest BCUT2D eigenvalue weighted by Crippen LogP contribution is 2.26. The molecule has 3 aromatic rings. The SMILES string of the molecule is CCCCCCCCNc1ccc2[nH]nnc2c1Cc1ccccc1. The zero-order chi connectivity index (χ0) is 17.3. The van der Waals surface area contributed by atoms with E-state index in [9.17, 15) is 0 Å². The minimum atomic E-state index is 0.865. The highest BCUT2D eigenvalue weighted by molar-refractivity contribution is 5.84. The summed E-state index contributed by atoms with van der Waals surface area (Å²) in [6.45, 7) is 3.27. The standard InChI is InChI=1S/C21H28N4/c1-2-3-4-5-6-10-15-22-19-13-14-20-21(24-25-23-20)18(19)16-17-11-8-7-9-12-17/h7-9,11-14,22H,2-6,10,15-16H2,1H3,(H,23,24,25). The van der Waals surface area contributed by atoms with E-state index in [1.54, 1.807) is 0 Å². The van der Waals surface area contributed by atoms with Crippen LogP contribution in [-0.4, -0.2) is 22.0 Å². The van der Waals surface area contributed by atoms with Gasteiger partial charge in [-0.15, -0.1) is 5.10 Å². The van der Waals surface area contributed by atoms with E-state index in [-0.39, 0.29) is 0 Å². The van der Waals surface area contributed by atoms with Gasteiger partial charge in [-0.3, -0.25) is 5.10 Å². The Bertz CT molecular complexity index is 764. The number of nitrogens with one attached hydrogen (secondary N) is 2. The predicted molar refractivity (Wildman–Crippen MR) is 105 cm³/mol. The lowest BCUT2D eigenvalue weighted by Gasteiger charge is -2.13. The fraction of sp³-hybridized carbons (Fsp3) is 0.429. The van der Waals surface area contributed by atoms with Crippen molar-refractivity contribution in [1.82, 2.24) is 15.4 Å². The molecule has 0 saturated heterocycles. The summed E-state index contributed by atoms with van der Waals surface area (Å²) in [5.41, 5.74) is 5.66. The summed E-state index contributed by atoms with van der Waals surface area (Å²) >= 11 is 0. The van der Waals surface area contributed by atoms with Crippen molar-refractivity contribution in [2.45, 2.75) is 51.9 Å². The Balaban J connectivity index is 1.66. The van der Waals surface area contributed by atoms with Crippen molar-refractivity contribution in [3.63, 3.8) is 0 Å². The molecule has 0 spiro atoms. The molecular weight excluding hydrogens is 308 g/mol. The van der Waals surface area contributed by atoms with Gasteiger partial charge in [-0.1, -0.05) is 74.6 Å². The molecule has 0 amide bonds. The molecule has 0 aliphatic rings. The Morgan fingerprint density at radius 1 is 0.920 bits per heavy atom. The van der Waals surface area contributed by atoms with Gasteiger partial charge in [0.15, 0.2) is 0 Å². The van der Waals surface area contributed by atoms with E-state index in [2.05, 4.69) is 70.1 Å². The van der Waals surface area contributed by atoms with E-state index in [4.69, 9.17) is 0 Å². The van der Waals surface area contributed by atoms with Crippen LogP contribution in [-0.2, 0) is 6.42 Å². The van der Waals surface area contributed by atoms with Crippen molar-refractivity contribution >= 4 is 16.7 Å². The zero-order valence-electron chi connectivity index (χ0n) is 15.1. The third kappa shape index (κ3) is 4.81. The van der Waals surface area contributed by atoms with Crippen LogP contribution in [0.2, 0.25) is 0 Å². The van der Waals surface area contributed by atoms with E-state index in [0.717, 1.165) is 24.0 Å².